The Bertz CT molecular complexity index is 212. The van der Waals surface area contributed by atoms with Crippen molar-refractivity contribution in [3.05, 3.63) is 24.0 Å². The summed E-state index contributed by atoms with van der Waals surface area (Å²) in [6.07, 6.45) is 3.23. The molecule has 12 heavy (non-hydrogen) atoms. The van der Waals surface area contributed by atoms with Crippen molar-refractivity contribution in [3.63, 3.8) is 0 Å². The molecule has 0 saturated carbocycles. The van der Waals surface area contributed by atoms with Crippen LogP contribution in [0.15, 0.2) is 18.3 Å². The van der Waals surface area contributed by atoms with Crippen LogP contribution in [0.2, 0.25) is 0 Å². The van der Waals surface area contributed by atoms with E-state index < -0.39 is 0 Å². The molecule has 1 aromatic heterocycles. The summed E-state index contributed by atoms with van der Waals surface area (Å²) >= 11 is 0. The molecule has 1 N–H and O–H groups in total. The lowest BCUT2D eigenvalue weighted by atomic mass is 10.3. The summed E-state index contributed by atoms with van der Waals surface area (Å²) in [5, 5.41) is 0. The van der Waals surface area contributed by atoms with Crippen molar-refractivity contribution >= 4 is 0 Å². The Morgan fingerprint density at radius 2 is 2.17 bits per heavy atom. The first-order valence-electron chi connectivity index (χ1n) is 4.58. The van der Waals surface area contributed by atoms with Crippen LogP contribution in [-0.2, 0) is 6.54 Å². The maximum absolute atomic E-state index is 3.24. The lowest BCUT2D eigenvalue weighted by Crippen LogP contribution is -2.39. The van der Waals surface area contributed by atoms with Gasteiger partial charge in [0.15, 0.2) is 0 Å². The van der Waals surface area contributed by atoms with Crippen LogP contribution in [0.3, 0.4) is 0 Å². The minimum atomic E-state index is 1.07. The van der Waals surface area contributed by atoms with Gasteiger partial charge in [0.1, 0.15) is 6.54 Å². The fourth-order valence-electron chi connectivity index (χ4n) is 1.61. The molecule has 0 amide bonds. The molecule has 2 nitrogen and oxygen atoms in total. The fourth-order valence-corrected chi connectivity index (χ4v) is 1.61. The Morgan fingerprint density at radius 3 is 2.67 bits per heavy atom. The van der Waals surface area contributed by atoms with Crippen LogP contribution in [0.25, 0.3) is 0 Å². The van der Waals surface area contributed by atoms with Gasteiger partial charge in [0.2, 0.25) is 0 Å². The molecule has 0 fully saturated rings. The molecule has 0 aliphatic heterocycles. The average Bonchev–Trinajstić information content (AvgIpc) is 2.38. The van der Waals surface area contributed by atoms with Gasteiger partial charge in [-0.3, -0.25) is 0 Å². The largest absolute Gasteiger partial charge is 0.360 e. The maximum Gasteiger partial charge on any atom is 0.119 e. The Hall–Kier alpha value is -0.760. The summed E-state index contributed by atoms with van der Waals surface area (Å²) in [5.74, 6) is 0. The quantitative estimate of drug-likeness (QED) is 0.660. The summed E-state index contributed by atoms with van der Waals surface area (Å²) < 4.78 is 1.07. The first kappa shape index (κ1) is 9.33. The van der Waals surface area contributed by atoms with E-state index in [1.165, 1.54) is 18.7 Å². The molecule has 0 aliphatic carbocycles. The van der Waals surface area contributed by atoms with E-state index in [9.17, 15) is 0 Å². The highest BCUT2D eigenvalue weighted by atomic mass is 15.3. The van der Waals surface area contributed by atoms with Crippen LogP contribution in [0, 0.1) is 0 Å². The second-order valence-electron chi connectivity index (χ2n) is 4.01. The van der Waals surface area contributed by atoms with Gasteiger partial charge in [0.05, 0.1) is 26.3 Å². The molecule has 0 radical (unpaired) electrons. The van der Waals surface area contributed by atoms with Crippen molar-refractivity contribution in [1.29, 1.82) is 0 Å². The zero-order chi connectivity index (χ0) is 9.03. The second kappa shape index (κ2) is 3.76. The van der Waals surface area contributed by atoms with Crippen molar-refractivity contribution in [2.24, 2.45) is 0 Å². The van der Waals surface area contributed by atoms with Crippen molar-refractivity contribution in [2.75, 3.05) is 20.6 Å². The van der Waals surface area contributed by atoms with Crippen LogP contribution < -0.4 is 0 Å². The van der Waals surface area contributed by atoms with E-state index in [0.717, 1.165) is 11.0 Å². The van der Waals surface area contributed by atoms with E-state index in [1.54, 1.807) is 0 Å². The third-order valence-electron chi connectivity index (χ3n) is 2.09. The number of H-pyrrole nitrogens is 1. The van der Waals surface area contributed by atoms with Gasteiger partial charge >= 0.3 is 0 Å². The number of hydrogen-bond donors (Lipinski definition) is 1. The van der Waals surface area contributed by atoms with Crippen LogP contribution in [0.4, 0.5) is 0 Å². The summed E-state index contributed by atoms with van der Waals surface area (Å²) in [7, 11) is 4.54. The molecule has 0 saturated heterocycles. The maximum atomic E-state index is 3.24. The third kappa shape index (κ3) is 2.70. The summed E-state index contributed by atoms with van der Waals surface area (Å²) in [4.78, 5) is 3.24. The van der Waals surface area contributed by atoms with Gasteiger partial charge in [-0.15, -0.1) is 0 Å². The number of aromatic amines is 1. The second-order valence-corrected chi connectivity index (χ2v) is 4.01. The van der Waals surface area contributed by atoms with E-state index in [0.29, 0.717) is 0 Å². The smallest absolute Gasteiger partial charge is 0.119 e. The van der Waals surface area contributed by atoms with E-state index in [1.807, 2.05) is 6.20 Å². The number of quaternary nitrogens is 1. The molecule has 0 bridgehead atoms. The van der Waals surface area contributed by atoms with Gasteiger partial charge < -0.3 is 9.47 Å². The van der Waals surface area contributed by atoms with Crippen molar-refractivity contribution in [3.8, 4) is 0 Å². The first-order chi connectivity index (χ1) is 5.64. The number of nitrogens with zero attached hydrogens (tertiary/aromatic N) is 1. The van der Waals surface area contributed by atoms with Crippen LogP contribution in [-0.4, -0.2) is 30.1 Å². The van der Waals surface area contributed by atoms with E-state index in [-0.39, 0.29) is 0 Å². The molecule has 0 unspecified atom stereocenters. The standard InChI is InChI=1S/C10H19N2/c1-4-8-12(2,3)9-10-6-5-7-11-10/h5-7,11H,4,8-9H2,1-3H3/q+1. The van der Waals surface area contributed by atoms with Gasteiger partial charge in [0, 0.05) is 6.20 Å². The molecule has 1 aromatic rings. The Labute approximate surface area is 74.8 Å². The lowest BCUT2D eigenvalue weighted by molar-refractivity contribution is -0.903. The molecule has 0 spiro atoms. The molecular formula is C10H19N2+. The molecule has 0 aliphatic rings. The number of nitrogens with one attached hydrogen (secondary N) is 1. The fraction of sp³-hybridized carbons (Fsp3) is 0.600. The van der Waals surface area contributed by atoms with Crippen LogP contribution in [0.5, 0.6) is 0 Å². The van der Waals surface area contributed by atoms with Gasteiger partial charge in [-0.1, -0.05) is 6.92 Å². The molecule has 68 valence electrons. The van der Waals surface area contributed by atoms with E-state index in [2.05, 4.69) is 38.1 Å². The Morgan fingerprint density at radius 1 is 1.42 bits per heavy atom. The number of aromatic nitrogens is 1. The zero-order valence-corrected chi connectivity index (χ0v) is 8.30. The minimum absolute atomic E-state index is 1.07. The highest BCUT2D eigenvalue weighted by Crippen LogP contribution is 2.07. The summed E-state index contributed by atoms with van der Waals surface area (Å²) in [6.45, 7) is 4.56. The Kier molecular flexibility index (Phi) is 2.93. The van der Waals surface area contributed by atoms with Crippen molar-refractivity contribution < 1.29 is 4.48 Å². The molecule has 0 atom stereocenters. The average molecular weight is 167 g/mol. The lowest BCUT2D eigenvalue weighted by Gasteiger charge is -2.28. The number of hydrogen-bond acceptors (Lipinski definition) is 0. The molecule has 2 heteroatoms. The van der Waals surface area contributed by atoms with Crippen LogP contribution >= 0.6 is 0 Å². The molecule has 1 heterocycles. The monoisotopic (exact) mass is 167 g/mol. The topological polar surface area (TPSA) is 15.8 Å². The molecule has 1 rings (SSSR count). The minimum Gasteiger partial charge on any atom is -0.360 e. The first-order valence-corrected chi connectivity index (χ1v) is 4.58. The third-order valence-corrected chi connectivity index (χ3v) is 2.09. The van der Waals surface area contributed by atoms with Gasteiger partial charge in [-0.25, -0.2) is 0 Å². The Balaban J connectivity index is 2.50. The molecular weight excluding hydrogens is 148 g/mol. The van der Waals surface area contributed by atoms with E-state index in [4.69, 9.17) is 0 Å². The van der Waals surface area contributed by atoms with Crippen LogP contribution in [0.1, 0.15) is 19.0 Å². The number of rotatable bonds is 4. The highest BCUT2D eigenvalue weighted by molar-refractivity contribution is 5.01. The zero-order valence-electron chi connectivity index (χ0n) is 8.30. The van der Waals surface area contributed by atoms with Gasteiger partial charge in [-0.2, -0.15) is 0 Å². The summed E-state index contributed by atoms with van der Waals surface area (Å²) in [5.41, 5.74) is 1.33. The predicted molar refractivity (Wildman–Crippen MR) is 51.8 cm³/mol. The molecule has 0 aromatic carbocycles. The van der Waals surface area contributed by atoms with E-state index >= 15 is 0 Å². The van der Waals surface area contributed by atoms with Gasteiger partial charge in [0.25, 0.3) is 0 Å². The highest BCUT2D eigenvalue weighted by Gasteiger charge is 2.14. The summed E-state index contributed by atoms with van der Waals surface area (Å²) in [6, 6.07) is 4.21. The SMILES string of the molecule is CCC[N+](C)(C)Cc1ccc[nH]1. The van der Waals surface area contributed by atoms with Crippen molar-refractivity contribution in [2.45, 2.75) is 19.9 Å². The van der Waals surface area contributed by atoms with Gasteiger partial charge in [-0.05, 0) is 18.6 Å². The predicted octanol–water partition coefficient (Wildman–Crippen LogP) is 2.00. The van der Waals surface area contributed by atoms with Crippen molar-refractivity contribution in [1.82, 2.24) is 4.98 Å². The normalized spacial score (nSPS) is 11.9.